The summed E-state index contributed by atoms with van der Waals surface area (Å²) < 4.78 is 23.9. The number of methoxy groups -OCH3 is 1. The summed E-state index contributed by atoms with van der Waals surface area (Å²) in [6, 6.07) is 15.8. The molecule has 0 saturated carbocycles. The number of nitrogens with zero attached hydrogens (tertiary/aromatic N) is 1. The number of amides is 5. The van der Waals surface area contributed by atoms with Crippen molar-refractivity contribution in [3.05, 3.63) is 83.7 Å². The molecular formula is C24H18FN3O6. The van der Waals surface area contributed by atoms with Crippen molar-refractivity contribution >= 4 is 29.4 Å². The average molecular weight is 463 g/mol. The molecule has 0 unspecified atom stereocenters. The highest BCUT2D eigenvalue weighted by molar-refractivity contribution is 6.53. The number of benzene rings is 3. The Balaban J connectivity index is 1.44. The summed E-state index contributed by atoms with van der Waals surface area (Å²) in [6.07, 6.45) is 0. The molecule has 0 atom stereocenters. The number of halogens is 1. The van der Waals surface area contributed by atoms with Crippen LogP contribution in [-0.2, 0) is 16.1 Å². The number of rotatable bonds is 7. The second-order valence-corrected chi connectivity index (χ2v) is 7.17. The van der Waals surface area contributed by atoms with Crippen LogP contribution in [0.3, 0.4) is 0 Å². The Morgan fingerprint density at radius 2 is 1.62 bits per heavy atom. The van der Waals surface area contributed by atoms with Gasteiger partial charge in [-0.05, 0) is 60.2 Å². The van der Waals surface area contributed by atoms with Gasteiger partial charge in [-0.25, -0.2) is 14.1 Å². The van der Waals surface area contributed by atoms with Crippen molar-refractivity contribution in [3.63, 3.8) is 0 Å². The van der Waals surface area contributed by atoms with E-state index in [1.165, 1.54) is 49.6 Å². The maximum atomic E-state index is 13.0. The van der Waals surface area contributed by atoms with Crippen molar-refractivity contribution in [2.45, 2.75) is 6.54 Å². The van der Waals surface area contributed by atoms with Crippen LogP contribution in [0.1, 0.15) is 15.9 Å². The predicted octanol–water partition coefficient (Wildman–Crippen LogP) is 3.14. The number of carbonyl (C=O) groups excluding carboxylic acids is 4. The zero-order valence-corrected chi connectivity index (χ0v) is 17.8. The fourth-order valence-electron chi connectivity index (χ4n) is 3.24. The first-order valence-electron chi connectivity index (χ1n) is 10.0. The Kier molecular flexibility index (Phi) is 6.22. The Hall–Kier alpha value is -4.73. The van der Waals surface area contributed by atoms with Crippen LogP contribution in [0, 0.1) is 5.82 Å². The van der Waals surface area contributed by atoms with Gasteiger partial charge >= 0.3 is 17.8 Å². The lowest BCUT2D eigenvalue weighted by molar-refractivity contribution is -0.134. The molecule has 172 valence electrons. The van der Waals surface area contributed by atoms with Crippen LogP contribution in [0.2, 0.25) is 0 Å². The van der Waals surface area contributed by atoms with Crippen LogP contribution < -0.4 is 25.0 Å². The maximum Gasteiger partial charge on any atom is 0.336 e. The van der Waals surface area contributed by atoms with Gasteiger partial charge in [-0.1, -0.05) is 12.1 Å². The molecule has 1 aliphatic heterocycles. The van der Waals surface area contributed by atoms with Gasteiger partial charge in [0.05, 0.1) is 18.4 Å². The van der Waals surface area contributed by atoms with Gasteiger partial charge in [-0.2, -0.15) is 0 Å². The summed E-state index contributed by atoms with van der Waals surface area (Å²) in [7, 11) is 1.38. The van der Waals surface area contributed by atoms with Crippen LogP contribution >= 0.6 is 0 Å². The Bertz CT molecular complexity index is 1270. The number of carbonyl (C=O) groups is 4. The molecule has 4 rings (SSSR count). The molecule has 0 aliphatic carbocycles. The molecule has 1 fully saturated rings. The monoisotopic (exact) mass is 463 g/mol. The van der Waals surface area contributed by atoms with Gasteiger partial charge in [0.1, 0.15) is 23.1 Å². The second-order valence-electron chi connectivity index (χ2n) is 7.17. The highest BCUT2D eigenvalue weighted by Gasteiger charge is 2.38. The molecule has 9 nitrogen and oxygen atoms in total. The van der Waals surface area contributed by atoms with Crippen molar-refractivity contribution in [3.8, 4) is 17.2 Å². The third-order valence-corrected chi connectivity index (χ3v) is 4.93. The third kappa shape index (κ3) is 4.70. The van der Waals surface area contributed by atoms with Crippen LogP contribution in [0.25, 0.3) is 0 Å². The minimum Gasteiger partial charge on any atom is -0.496 e. The van der Waals surface area contributed by atoms with E-state index in [1.54, 1.807) is 24.3 Å². The number of hydrogen-bond donors (Lipinski definition) is 2. The summed E-state index contributed by atoms with van der Waals surface area (Å²) in [5, 5.41) is 4.64. The average Bonchev–Trinajstić information content (AvgIpc) is 3.10. The second kappa shape index (κ2) is 9.41. The van der Waals surface area contributed by atoms with E-state index in [9.17, 15) is 23.6 Å². The molecule has 10 heteroatoms. The highest BCUT2D eigenvalue weighted by Crippen LogP contribution is 2.27. The zero-order chi connectivity index (χ0) is 24.2. The van der Waals surface area contributed by atoms with Gasteiger partial charge in [0.15, 0.2) is 0 Å². The van der Waals surface area contributed by atoms with Crippen molar-refractivity contribution in [2.24, 2.45) is 0 Å². The molecule has 1 heterocycles. The lowest BCUT2D eigenvalue weighted by Gasteiger charge is -2.15. The first-order valence-corrected chi connectivity index (χ1v) is 10.0. The fraction of sp³-hybridized carbons (Fsp3) is 0.0833. The van der Waals surface area contributed by atoms with Gasteiger partial charge in [0.2, 0.25) is 0 Å². The topological polar surface area (TPSA) is 114 Å². The Morgan fingerprint density at radius 1 is 0.971 bits per heavy atom. The third-order valence-electron chi connectivity index (χ3n) is 4.93. The molecule has 3 aromatic carbocycles. The van der Waals surface area contributed by atoms with E-state index >= 15 is 0 Å². The van der Waals surface area contributed by atoms with Gasteiger partial charge in [-0.3, -0.25) is 19.7 Å². The largest absolute Gasteiger partial charge is 0.496 e. The molecule has 0 spiro atoms. The van der Waals surface area contributed by atoms with Crippen molar-refractivity contribution in [2.75, 3.05) is 12.0 Å². The van der Waals surface area contributed by atoms with E-state index < -0.39 is 23.8 Å². The van der Waals surface area contributed by atoms with Crippen molar-refractivity contribution in [1.82, 2.24) is 10.6 Å². The van der Waals surface area contributed by atoms with E-state index in [0.717, 1.165) is 5.56 Å². The molecule has 34 heavy (non-hydrogen) atoms. The first-order chi connectivity index (χ1) is 16.4. The fourth-order valence-corrected chi connectivity index (χ4v) is 3.24. The zero-order valence-electron chi connectivity index (χ0n) is 17.8. The van der Waals surface area contributed by atoms with Gasteiger partial charge in [-0.15, -0.1) is 0 Å². The summed E-state index contributed by atoms with van der Waals surface area (Å²) in [6.45, 7) is 0.171. The number of hydrogen-bond acceptors (Lipinski definition) is 6. The van der Waals surface area contributed by atoms with Crippen molar-refractivity contribution in [1.29, 1.82) is 0 Å². The molecular weight excluding hydrogens is 445 g/mol. The van der Waals surface area contributed by atoms with E-state index in [4.69, 9.17) is 9.47 Å². The Morgan fingerprint density at radius 3 is 2.21 bits per heavy atom. The van der Waals surface area contributed by atoms with Crippen LogP contribution in [-0.4, -0.2) is 30.9 Å². The summed E-state index contributed by atoms with van der Waals surface area (Å²) in [4.78, 5) is 48.8. The SMILES string of the molecule is COc1ccc(N2C(=O)NC(=O)C2=O)cc1C(=O)NCc1ccc(Oc2ccc(F)cc2)cc1. The van der Waals surface area contributed by atoms with Crippen LogP contribution in [0.15, 0.2) is 66.7 Å². The summed E-state index contributed by atoms with van der Waals surface area (Å²) in [5.41, 5.74) is 0.910. The molecule has 5 amide bonds. The van der Waals surface area contributed by atoms with E-state index in [1.807, 2.05) is 5.32 Å². The molecule has 0 aromatic heterocycles. The minimum absolute atomic E-state index is 0.0570. The normalized spacial score (nSPS) is 13.0. The smallest absolute Gasteiger partial charge is 0.336 e. The standard InChI is InChI=1S/C24H18FN3O6/c1-33-20-11-6-16(28-23(31)22(30)27-24(28)32)12-19(20)21(29)26-13-14-2-7-17(8-3-14)34-18-9-4-15(25)5-10-18/h2-12H,13H2,1H3,(H,26,29)(H,27,30,32). The molecule has 3 aromatic rings. The van der Waals surface area contributed by atoms with E-state index in [0.29, 0.717) is 16.4 Å². The van der Waals surface area contributed by atoms with E-state index in [-0.39, 0.29) is 29.4 Å². The number of urea groups is 1. The van der Waals surface area contributed by atoms with E-state index in [2.05, 4.69) is 5.32 Å². The Labute approximate surface area is 193 Å². The first kappa shape index (κ1) is 22.5. The molecule has 0 bridgehead atoms. The highest BCUT2D eigenvalue weighted by atomic mass is 19.1. The minimum atomic E-state index is -1.04. The molecule has 2 N–H and O–H groups in total. The molecule has 1 saturated heterocycles. The number of nitrogens with one attached hydrogen (secondary N) is 2. The molecule has 0 radical (unpaired) electrons. The van der Waals surface area contributed by atoms with Gasteiger partial charge < -0.3 is 14.8 Å². The predicted molar refractivity (Wildman–Crippen MR) is 118 cm³/mol. The summed E-state index contributed by atoms with van der Waals surface area (Å²) in [5.74, 6) is -1.70. The maximum absolute atomic E-state index is 13.0. The molecule has 1 aliphatic rings. The summed E-state index contributed by atoms with van der Waals surface area (Å²) >= 11 is 0. The van der Waals surface area contributed by atoms with Gasteiger partial charge in [0.25, 0.3) is 5.91 Å². The number of anilines is 1. The number of ether oxygens (including phenoxy) is 2. The lowest BCUT2D eigenvalue weighted by Crippen LogP contribution is -2.31. The number of imide groups is 2. The van der Waals surface area contributed by atoms with Gasteiger partial charge in [0, 0.05) is 6.54 Å². The van der Waals surface area contributed by atoms with Crippen molar-refractivity contribution < 1.29 is 33.0 Å². The quantitative estimate of drug-likeness (QED) is 0.411. The van der Waals surface area contributed by atoms with Crippen LogP contribution in [0.4, 0.5) is 14.9 Å². The van der Waals surface area contributed by atoms with Crippen LogP contribution in [0.5, 0.6) is 17.2 Å². The lowest BCUT2D eigenvalue weighted by atomic mass is 10.1.